The van der Waals surface area contributed by atoms with E-state index in [0.717, 1.165) is 17.9 Å². The van der Waals surface area contributed by atoms with Crippen molar-refractivity contribution in [2.24, 2.45) is 5.73 Å². The van der Waals surface area contributed by atoms with Crippen molar-refractivity contribution in [3.05, 3.63) is 71.3 Å². The highest BCUT2D eigenvalue weighted by Gasteiger charge is 2.29. The van der Waals surface area contributed by atoms with Crippen LogP contribution in [0.15, 0.2) is 54.6 Å². The first kappa shape index (κ1) is 23.7. The third-order valence-corrected chi connectivity index (χ3v) is 4.96. The number of nitrogens with one attached hydrogen (secondary N) is 1. The van der Waals surface area contributed by atoms with Crippen molar-refractivity contribution < 1.29 is 23.9 Å². The maximum Gasteiger partial charge on any atom is 0.431 e. The number of hydrogen-bond acceptors (Lipinski definition) is 7. The summed E-state index contributed by atoms with van der Waals surface area (Å²) in [6.45, 7) is 3.10. The van der Waals surface area contributed by atoms with Crippen LogP contribution in [0.25, 0.3) is 6.08 Å². The van der Waals surface area contributed by atoms with Gasteiger partial charge in [-0.25, -0.2) is 14.6 Å². The summed E-state index contributed by atoms with van der Waals surface area (Å²) in [5.74, 6) is -0.770. The van der Waals surface area contributed by atoms with Crippen LogP contribution in [-0.4, -0.2) is 53.5 Å². The minimum absolute atomic E-state index is 0.0687. The van der Waals surface area contributed by atoms with Crippen molar-refractivity contribution in [2.45, 2.75) is 19.8 Å². The average molecular weight is 450 g/mol. The van der Waals surface area contributed by atoms with Crippen molar-refractivity contribution in [1.82, 2.24) is 10.0 Å². The Morgan fingerprint density at radius 2 is 1.64 bits per heavy atom. The quantitative estimate of drug-likeness (QED) is 0.218. The van der Waals surface area contributed by atoms with Gasteiger partial charge >= 0.3 is 12.1 Å². The van der Waals surface area contributed by atoms with E-state index in [9.17, 15) is 14.4 Å². The fraction of sp³-hybridized carbons (Fsp3) is 0.250. The Labute approximate surface area is 191 Å². The first-order chi connectivity index (χ1) is 15.9. The van der Waals surface area contributed by atoms with Gasteiger partial charge in [-0.2, -0.15) is 5.01 Å². The number of ether oxygens (including phenoxy) is 2. The van der Waals surface area contributed by atoms with E-state index < -0.39 is 18.0 Å². The number of imide groups is 1. The molecule has 3 rings (SSSR count). The third kappa shape index (κ3) is 6.27. The maximum absolute atomic E-state index is 12.7. The molecule has 2 aromatic rings. The number of amidine groups is 1. The maximum atomic E-state index is 12.7. The van der Waals surface area contributed by atoms with E-state index in [1.54, 1.807) is 66.5 Å². The van der Waals surface area contributed by atoms with E-state index in [0.29, 0.717) is 35.5 Å². The lowest BCUT2D eigenvalue weighted by Crippen LogP contribution is -2.48. The molecule has 3 N–H and O–H groups in total. The lowest BCUT2D eigenvalue weighted by atomic mass is 10.1. The molecule has 9 nitrogen and oxygen atoms in total. The Kier molecular flexibility index (Phi) is 7.93. The lowest BCUT2D eigenvalue weighted by Gasteiger charge is -2.27. The molecule has 0 saturated carbocycles. The number of hydrazine groups is 1. The van der Waals surface area contributed by atoms with E-state index in [2.05, 4.69) is 0 Å². The minimum atomic E-state index is -0.691. The molecule has 0 atom stereocenters. The van der Waals surface area contributed by atoms with Gasteiger partial charge in [0.2, 0.25) is 0 Å². The van der Waals surface area contributed by atoms with Gasteiger partial charge in [-0.1, -0.05) is 12.1 Å². The highest BCUT2D eigenvalue weighted by Crippen LogP contribution is 2.16. The molecule has 0 unspecified atom stereocenters. The van der Waals surface area contributed by atoms with Gasteiger partial charge in [-0.05, 0) is 67.8 Å². The number of nitrogens with zero attached hydrogens (tertiary/aromatic N) is 2. The summed E-state index contributed by atoms with van der Waals surface area (Å²) in [7, 11) is 0. The predicted octanol–water partition coefficient (Wildman–Crippen LogP) is 3.20. The standard InChI is InChI=1S/C24H26N4O5/c1-2-32-24(31)28(27-15-3-4-16-27)21(29)14-7-17-5-8-19(9-6-17)23(30)33-20-12-10-18(11-13-20)22(25)26/h5-14H,2-4,15-16H2,1H3,(H3,25,26). The molecule has 1 heterocycles. The number of nitrogen functional groups attached to an aromatic ring is 1. The van der Waals surface area contributed by atoms with E-state index in [1.165, 1.54) is 6.08 Å². The Morgan fingerprint density at radius 1 is 1.03 bits per heavy atom. The first-order valence-corrected chi connectivity index (χ1v) is 10.6. The number of carbonyl (C=O) groups is 3. The molecule has 1 aliphatic rings. The van der Waals surface area contributed by atoms with E-state index in [-0.39, 0.29) is 12.4 Å². The van der Waals surface area contributed by atoms with Crippen LogP contribution in [-0.2, 0) is 9.53 Å². The zero-order valence-electron chi connectivity index (χ0n) is 18.3. The summed E-state index contributed by atoms with van der Waals surface area (Å²) in [5.41, 5.74) is 6.95. The van der Waals surface area contributed by atoms with Crippen LogP contribution in [0.5, 0.6) is 5.75 Å². The molecule has 1 saturated heterocycles. The number of hydrogen-bond donors (Lipinski definition) is 2. The van der Waals surface area contributed by atoms with E-state index in [4.69, 9.17) is 20.6 Å². The topological polar surface area (TPSA) is 126 Å². The second-order valence-corrected chi connectivity index (χ2v) is 7.29. The third-order valence-electron chi connectivity index (χ3n) is 4.96. The molecule has 1 fully saturated rings. The summed E-state index contributed by atoms with van der Waals surface area (Å²) < 4.78 is 10.3. The average Bonchev–Trinajstić information content (AvgIpc) is 3.33. The fourth-order valence-corrected chi connectivity index (χ4v) is 3.27. The summed E-state index contributed by atoms with van der Waals surface area (Å²) >= 11 is 0. The minimum Gasteiger partial charge on any atom is -0.448 e. The Balaban J connectivity index is 1.63. The van der Waals surface area contributed by atoms with Gasteiger partial charge in [0, 0.05) is 24.7 Å². The van der Waals surface area contributed by atoms with Crippen LogP contribution in [0.2, 0.25) is 0 Å². The van der Waals surface area contributed by atoms with Gasteiger partial charge in [0.05, 0.1) is 12.2 Å². The van der Waals surface area contributed by atoms with E-state index >= 15 is 0 Å². The van der Waals surface area contributed by atoms with Crippen LogP contribution in [0, 0.1) is 5.41 Å². The molecule has 2 aromatic carbocycles. The van der Waals surface area contributed by atoms with Crippen LogP contribution in [0.3, 0.4) is 0 Å². The normalized spacial score (nSPS) is 13.6. The zero-order chi connectivity index (χ0) is 23.8. The van der Waals surface area contributed by atoms with Crippen LogP contribution in [0.4, 0.5) is 4.79 Å². The monoisotopic (exact) mass is 450 g/mol. The molecule has 0 spiro atoms. The smallest absolute Gasteiger partial charge is 0.431 e. The second kappa shape index (κ2) is 11.1. The summed E-state index contributed by atoms with van der Waals surface area (Å²) in [4.78, 5) is 37.3. The van der Waals surface area contributed by atoms with Gasteiger partial charge in [-0.15, -0.1) is 0 Å². The summed E-state index contributed by atoms with van der Waals surface area (Å²) in [5, 5.41) is 10.1. The lowest BCUT2D eigenvalue weighted by molar-refractivity contribution is -0.137. The fourth-order valence-electron chi connectivity index (χ4n) is 3.27. The van der Waals surface area contributed by atoms with Crippen molar-refractivity contribution in [2.75, 3.05) is 19.7 Å². The number of carbonyl (C=O) groups excluding carboxylic acids is 3. The van der Waals surface area contributed by atoms with Gasteiger partial charge in [-0.3, -0.25) is 10.2 Å². The van der Waals surface area contributed by atoms with Gasteiger partial charge in [0.1, 0.15) is 11.6 Å². The molecule has 0 radical (unpaired) electrons. The van der Waals surface area contributed by atoms with Gasteiger partial charge in [0.15, 0.2) is 0 Å². The zero-order valence-corrected chi connectivity index (χ0v) is 18.3. The molecule has 0 aromatic heterocycles. The molecule has 0 aliphatic carbocycles. The highest BCUT2D eigenvalue weighted by molar-refractivity contribution is 6.00. The number of benzene rings is 2. The van der Waals surface area contributed by atoms with Crippen molar-refractivity contribution in [3.63, 3.8) is 0 Å². The molecule has 2 amide bonds. The van der Waals surface area contributed by atoms with Crippen LogP contribution >= 0.6 is 0 Å². The van der Waals surface area contributed by atoms with Gasteiger partial charge in [0.25, 0.3) is 5.91 Å². The first-order valence-electron chi connectivity index (χ1n) is 10.6. The molecule has 9 heteroatoms. The number of esters is 1. The van der Waals surface area contributed by atoms with Crippen LogP contribution < -0.4 is 10.5 Å². The summed E-state index contributed by atoms with van der Waals surface area (Å²) in [6, 6.07) is 12.8. The molecule has 33 heavy (non-hydrogen) atoms. The van der Waals surface area contributed by atoms with Crippen molar-refractivity contribution in [3.8, 4) is 5.75 Å². The number of rotatable bonds is 7. The predicted molar refractivity (Wildman–Crippen MR) is 123 cm³/mol. The molecular weight excluding hydrogens is 424 g/mol. The van der Waals surface area contributed by atoms with Crippen molar-refractivity contribution in [1.29, 1.82) is 5.41 Å². The molecule has 0 bridgehead atoms. The van der Waals surface area contributed by atoms with Crippen LogP contribution in [0.1, 0.15) is 41.3 Å². The Bertz CT molecular complexity index is 1040. The molecule has 172 valence electrons. The molecular formula is C24H26N4O5. The summed E-state index contributed by atoms with van der Waals surface area (Å²) in [6.07, 6.45) is 4.00. The second-order valence-electron chi connectivity index (χ2n) is 7.29. The molecule has 1 aliphatic heterocycles. The number of nitrogens with two attached hydrogens (primary N) is 1. The van der Waals surface area contributed by atoms with Gasteiger partial charge < -0.3 is 15.2 Å². The largest absolute Gasteiger partial charge is 0.448 e. The SMILES string of the molecule is CCOC(=O)N(C(=O)C=Cc1ccc(C(=O)Oc2ccc(C(=N)N)cc2)cc1)N1CCCC1. The van der Waals surface area contributed by atoms with E-state index in [1.807, 2.05) is 0 Å². The van der Waals surface area contributed by atoms with Crippen molar-refractivity contribution >= 4 is 29.9 Å². The number of amides is 2. The Morgan fingerprint density at radius 3 is 2.21 bits per heavy atom. The highest BCUT2D eigenvalue weighted by atomic mass is 16.6. The Hall–Kier alpha value is -3.98.